The van der Waals surface area contributed by atoms with Crippen LogP contribution in [0.2, 0.25) is 5.02 Å². The molecular formula is C25H25ClFN9O2. The van der Waals surface area contributed by atoms with Crippen molar-refractivity contribution in [2.75, 3.05) is 38.6 Å². The molecule has 1 aromatic carbocycles. The first kappa shape index (κ1) is 26.6. The van der Waals surface area contributed by atoms with Crippen LogP contribution >= 0.6 is 11.6 Å². The number of nitrogens with zero attached hydrogens (tertiary/aromatic N) is 6. The van der Waals surface area contributed by atoms with Crippen molar-refractivity contribution in [2.45, 2.75) is 12.8 Å². The number of benzene rings is 1. The minimum Gasteiger partial charge on any atom is -0.491 e. The van der Waals surface area contributed by atoms with Crippen molar-refractivity contribution in [2.24, 2.45) is 4.99 Å². The van der Waals surface area contributed by atoms with Gasteiger partial charge >= 0.3 is 0 Å². The zero-order valence-corrected chi connectivity index (χ0v) is 21.3. The third kappa shape index (κ3) is 6.43. The number of methoxy groups -OCH3 is 1. The molecule has 38 heavy (non-hydrogen) atoms. The standard InChI is InChI=1S/C25H25ClFN9O2/c1-38-21-14-32-22(17-12-16(26)4-5-19(17)27)35-23(21)34-20-6-9-29-13-18(20)24(37)30-7-2-8-31-25(33-15-28)36-10-3-11-36/h4-6,9,12-14H,2-3,7-8,10-11H2,1H3,(H,30,37)(H,31,33)(H,29,32,34,35). The number of pyridine rings is 1. The van der Waals surface area contributed by atoms with Crippen LogP contribution in [0.1, 0.15) is 23.2 Å². The van der Waals surface area contributed by atoms with E-state index in [1.54, 1.807) is 6.07 Å². The van der Waals surface area contributed by atoms with Gasteiger partial charge in [-0.05, 0) is 37.1 Å². The summed E-state index contributed by atoms with van der Waals surface area (Å²) in [5.41, 5.74) is 0.823. The molecule has 0 bridgehead atoms. The van der Waals surface area contributed by atoms with Gasteiger partial charge in [-0.25, -0.2) is 14.4 Å². The van der Waals surface area contributed by atoms with E-state index in [1.165, 1.54) is 43.9 Å². The smallest absolute Gasteiger partial charge is 0.254 e. The van der Waals surface area contributed by atoms with E-state index in [4.69, 9.17) is 21.6 Å². The first-order valence-electron chi connectivity index (χ1n) is 11.8. The van der Waals surface area contributed by atoms with Gasteiger partial charge in [0.25, 0.3) is 5.91 Å². The average Bonchev–Trinajstić information content (AvgIpc) is 2.89. The van der Waals surface area contributed by atoms with Gasteiger partial charge in [0.15, 0.2) is 23.6 Å². The third-order valence-corrected chi connectivity index (χ3v) is 5.90. The highest BCUT2D eigenvalue weighted by atomic mass is 35.5. The highest BCUT2D eigenvalue weighted by Gasteiger charge is 2.19. The van der Waals surface area contributed by atoms with Gasteiger partial charge in [0, 0.05) is 43.6 Å². The molecule has 13 heteroatoms. The van der Waals surface area contributed by atoms with Gasteiger partial charge in [-0.2, -0.15) is 5.26 Å². The highest BCUT2D eigenvalue weighted by molar-refractivity contribution is 6.30. The third-order valence-electron chi connectivity index (χ3n) is 5.67. The van der Waals surface area contributed by atoms with E-state index in [1.807, 2.05) is 11.1 Å². The summed E-state index contributed by atoms with van der Waals surface area (Å²) in [4.78, 5) is 32.0. The van der Waals surface area contributed by atoms with Crippen LogP contribution in [0.5, 0.6) is 5.75 Å². The summed E-state index contributed by atoms with van der Waals surface area (Å²) in [7, 11) is 1.45. The molecule has 11 nitrogen and oxygen atoms in total. The van der Waals surface area contributed by atoms with Crippen molar-refractivity contribution in [3.05, 3.63) is 59.3 Å². The fourth-order valence-electron chi connectivity index (χ4n) is 3.58. The molecule has 0 radical (unpaired) electrons. The van der Waals surface area contributed by atoms with E-state index in [0.29, 0.717) is 41.9 Å². The monoisotopic (exact) mass is 537 g/mol. The van der Waals surface area contributed by atoms with Gasteiger partial charge in [0.1, 0.15) is 5.82 Å². The molecular weight excluding hydrogens is 513 g/mol. The van der Waals surface area contributed by atoms with Crippen molar-refractivity contribution in [1.29, 1.82) is 5.26 Å². The fraction of sp³-hybridized carbons (Fsp3) is 0.280. The van der Waals surface area contributed by atoms with Gasteiger partial charge in [0.05, 0.1) is 30.1 Å². The van der Waals surface area contributed by atoms with E-state index >= 15 is 0 Å². The molecule has 1 fully saturated rings. The molecule has 0 saturated carbocycles. The van der Waals surface area contributed by atoms with Crippen LogP contribution in [0.15, 0.2) is 47.8 Å². The number of nitriles is 1. The Hall–Kier alpha value is -4.50. The van der Waals surface area contributed by atoms with Crippen molar-refractivity contribution in [1.82, 2.24) is 30.5 Å². The van der Waals surface area contributed by atoms with Crippen LogP contribution in [0.4, 0.5) is 15.9 Å². The predicted octanol–water partition coefficient (Wildman–Crippen LogP) is 3.34. The topological polar surface area (TPSA) is 140 Å². The minimum absolute atomic E-state index is 0.0948. The average molecular weight is 538 g/mol. The van der Waals surface area contributed by atoms with Gasteiger partial charge in [-0.1, -0.05) is 11.6 Å². The van der Waals surface area contributed by atoms with Crippen LogP contribution in [0, 0.1) is 17.3 Å². The number of carbonyl (C=O) groups excluding carboxylic acids is 1. The Kier molecular flexibility index (Phi) is 8.84. The van der Waals surface area contributed by atoms with Gasteiger partial charge in [-0.15, -0.1) is 0 Å². The number of rotatable bonds is 9. The predicted molar refractivity (Wildman–Crippen MR) is 141 cm³/mol. The molecule has 4 rings (SSSR count). The molecule has 1 aliphatic rings. The zero-order chi connectivity index (χ0) is 26.9. The van der Waals surface area contributed by atoms with Gasteiger partial charge < -0.3 is 20.3 Å². The number of aliphatic imine (C=N–C) groups is 1. The lowest BCUT2D eigenvalue weighted by Crippen LogP contribution is -2.47. The van der Waals surface area contributed by atoms with Crippen LogP contribution in [0.25, 0.3) is 11.4 Å². The molecule has 1 saturated heterocycles. The van der Waals surface area contributed by atoms with Crippen LogP contribution in [-0.2, 0) is 0 Å². The SMILES string of the molecule is COc1cnc(-c2cc(Cl)ccc2F)nc1Nc1ccncc1C(=O)NCCCN=C(NC#N)N1CCC1. The number of hydrogen-bond donors (Lipinski definition) is 3. The molecule has 3 heterocycles. The molecule has 2 aromatic heterocycles. The van der Waals surface area contributed by atoms with E-state index in [9.17, 15) is 9.18 Å². The molecule has 196 valence electrons. The number of likely N-dealkylation sites (tertiary alicyclic amines) is 1. The number of halogens is 2. The Labute approximate surface area is 223 Å². The first-order valence-corrected chi connectivity index (χ1v) is 12.2. The lowest BCUT2D eigenvalue weighted by atomic mass is 10.2. The number of carbonyl (C=O) groups is 1. The second kappa shape index (κ2) is 12.6. The van der Waals surface area contributed by atoms with E-state index < -0.39 is 5.82 Å². The number of nitrogens with one attached hydrogen (secondary N) is 3. The van der Waals surface area contributed by atoms with Crippen molar-refractivity contribution < 1.29 is 13.9 Å². The molecule has 3 N–H and O–H groups in total. The Morgan fingerprint density at radius 2 is 2.16 bits per heavy atom. The summed E-state index contributed by atoms with van der Waals surface area (Å²) in [5.74, 6) is 0.296. The normalized spacial score (nSPS) is 12.8. The number of amides is 1. The number of aromatic nitrogens is 3. The largest absolute Gasteiger partial charge is 0.491 e. The van der Waals surface area contributed by atoms with Crippen molar-refractivity contribution in [3.8, 4) is 23.3 Å². The zero-order valence-electron chi connectivity index (χ0n) is 20.5. The second-order valence-electron chi connectivity index (χ2n) is 8.17. The Bertz CT molecular complexity index is 1380. The molecule has 0 atom stereocenters. The molecule has 0 unspecified atom stereocenters. The molecule has 0 spiro atoms. The van der Waals surface area contributed by atoms with Crippen molar-refractivity contribution in [3.63, 3.8) is 0 Å². The summed E-state index contributed by atoms with van der Waals surface area (Å²) in [5, 5.41) is 17.8. The number of anilines is 2. The van der Waals surface area contributed by atoms with Gasteiger partial charge in [0.2, 0.25) is 5.96 Å². The van der Waals surface area contributed by atoms with Crippen molar-refractivity contribution >= 4 is 35.0 Å². The summed E-state index contributed by atoms with van der Waals surface area (Å²) >= 11 is 6.03. The Balaban J connectivity index is 1.45. The van der Waals surface area contributed by atoms with Gasteiger partial charge in [-0.3, -0.25) is 20.1 Å². The van der Waals surface area contributed by atoms with E-state index in [0.717, 1.165) is 19.5 Å². The maximum Gasteiger partial charge on any atom is 0.254 e. The first-order chi connectivity index (χ1) is 18.5. The lowest BCUT2D eigenvalue weighted by molar-refractivity contribution is 0.0954. The molecule has 1 amide bonds. The van der Waals surface area contributed by atoms with Crippen LogP contribution in [-0.4, -0.2) is 65.0 Å². The lowest BCUT2D eigenvalue weighted by Gasteiger charge is -2.32. The minimum atomic E-state index is -0.528. The summed E-state index contributed by atoms with van der Waals surface area (Å²) in [6.07, 6.45) is 7.91. The highest BCUT2D eigenvalue weighted by Crippen LogP contribution is 2.30. The van der Waals surface area contributed by atoms with E-state index in [2.05, 4.69) is 35.9 Å². The molecule has 1 aliphatic heterocycles. The Morgan fingerprint density at radius 3 is 2.89 bits per heavy atom. The molecule has 0 aliphatic carbocycles. The Morgan fingerprint density at radius 1 is 1.32 bits per heavy atom. The van der Waals surface area contributed by atoms with E-state index in [-0.39, 0.29) is 28.7 Å². The maximum atomic E-state index is 14.4. The second-order valence-corrected chi connectivity index (χ2v) is 8.61. The number of hydrogen-bond acceptors (Lipinski definition) is 8. The summed E-state index contributed by atoms with van der Waals surface area (Å²) in [6, 6.07) is 5.72. The molecule has 3 aromatic rings. The maximum absolute atomic E-state index is 14.4. The summed E-state index contributed by atoms with van der Waals surface area (Å²) in [6.45, 7) is 2.55. The summed E-state index contributed by atoms with van der Waals surface area (Å²) < 4.78 is 19.8. The fourth-order valence-corrected chi connectivity index (χ4v) is 3.75. The van der Waals surface area contributed by atoms with Crippen LogP contribution < -0.4 is 20.7 Å². The number of guanidine groups is 1. The van der Waals surface area contributed by atoms with Crippen LogP contribution in [0.3, 0.4) is 0 Å². The number of ether oxygens (including phenoxy) is 1. The quantitative estimate of drug-likeness (QED) is 0.123.